The van der Waals surface area contributed by atoms with Crippen LogP contribution in [0, 0.1) is 5.41 Å². The summed E-state index contributed by atoms with van der Waals surface area (Å²) in [6.45, 7) is 12.4. The van der Waals surface area contributed by atoms with Gasteiger partial charge >= 0.3 is 0 Å². The van der Waals surface area contributed by atoms with Crippen molar-refractivity contribution in [3.05, 3.63) is 59.7 Å². The number of likely N-dealkylation sites (N-methyl/N-ethyl adjacent to an activating group) is 1. The fourth-order valence-corrected chi connectivity index (χ4v) is 3.92. The number of fused-ring (bicyclic) bond motifs is 1. The third-order valence-corrected chi connectivity index (χ3v) is 5.67. The third-order valence-electron chi connectivity index (χ3n) is 5.67. The highest BCUT2D eigenvalue weighted by molar-refractivity contribution is 5.98. The van der Waals surface area contributed by atoms with Crippen LogP contribution in [0.15, 0.2) is 36.9 Å². The molecule has 0 radical (unpaired) electrons. The first-order valence-electron chi connectivity index (χ1n) is 10.7. The average Bonchev–Trinajstić information content (AvgIpc) is 2.97. The van der Waals surface area contributed by atoms with E-state index in [0.717, 1.165) is 36.3 Å². The molecule has 2 aromatic rings. The van der Waals surface area contributed by atoms with Crippen molar-refractivity contribution in [2.24, 2.45) is 5.41 Å². The van der Waals surface area contributed by atoms with Crippen LogP contribution in [0.1, 0.15) is 54.8 Å². The van der Waals surface area contributed by atoms with Crippen molar-refractivity contribution in [3.8, 4) is 0 Å². The van der Waals surface area contributed by atoms with Crippen LogP contribution in [-0.2, 0) is 17.9 Å². The first kappa shape index (κ1) is 22.7. The van der Waals surface area contributed by atoms with Crippen LogP contribution in [0.25, 0.3) is 5.57 Å². The van der Waals surface area contributed by atoms with Gasteiger partial charge in [-0.1, -0.05) is 57.7 Å². The number of imidazole rings is 1. The predicted molar refractivity (Wildman–Crippen MR) is 123 cm³/mol. The first-order chi connectivity index (χ1) is 14.6. The number of carbonyl (C=O) groups is 2. The zero-order chi connectivity index (χ0) is 22.8. The maximum atomic E-state index is 13.4. The van der Waals surface area contributed by atoms with Crippen molar-refractivity contribution in [1.82, 2.24) is 25.1 Å². The van der Waals surface area contributed by atoms with Gasteiger partial charge < -0.3 is 20.1 Å². The molecule has 1 aliphatic heterocycles. The quantitative estimate of drug-likeness (QED) is 0.775. The van der Waals surface area contributed by atoms with Crippen LogP contribution in [0.3, 0.4) is 0 Å². The Morgan fingerprint density at radius 1 is 1.16 bits per heavy atom. The Morgan fingerprint density at radius 3 is 2.45 bits per heavy atom. The molecule has 1 aliphatic rings. The standard InChI is InChI=1S/C24H33N5O2/c1-16(17-11-8-7-9-12-17)21-26-19(18-15-28(6)13-10-14-29(18)21)22(30)27-20(23(31)25-5)24(2,3)4/h7-9,11-12,20H,1,10,13-15H2,2-6H3,(H,25,31)(H,27,30)/t20-/m1/s1. The van der Waals surface area contributed by atoms with Crippen LogP contribution in [-0.4, -0.2) is 52.9 Å². The van der Waals surface area contributed by atoms with Gasteiger partial charge in [-0.3, -0.25) is 9.59 Å². The number of nitrogens with zero attached hydrogens (tertiary/aromatic N) is 3. The summed E-state index contributed by atoms with van der Waals surface area (Å²) in [7, 11) is 3.62. The van der Waals surface area contributed by atoms with E-state index >= 15 is 0 Å². The molecule has 2 amide bonds. The van der Waals surface area contributed by atoms with E-state index in [1.54, 1.807) is 7.05 Å². The van der Waals surface area contributed by atoms with E-state index in [0.29, 0.717) is 18.1 Å². The number of benzene rings is 1. The van der Waals surface area contributed by atoms with Crippen molar-refractivity contribution in [2.45, 2.75) is 46.3 Å². The summed E-state index contributed by atoms with van der Waals surface area (Å²) in [6, 6.07) is 9.20. The Kier molecular flexibility index (Phi) is 6.65. The summed E-state index contributed by atoms with van der Waals surface area (Å²) in [5.74, 6) is 0.140. The van der Waals surface area contributed by atoms with Crippen molar-refractivity contribution in [2.75, 3.05) is 20.6 Å². The van der Waals surface area contributed by atoms with E-state index in [1.165, 1.54) is 0 Å². The average molecular weight is 424 g/mol. The molecule has 2 heterocycles. The van der Waals surface area contributed by atoms with Crippen LogP contribution in [0.4, 0.5) is 0 Å². The fraction of sp³-hybridized carbons (Fsp3) is 0.458. The molecule has 1 atom stereocenters. The third kappa shape index (κ3) is 4.88. The number of hydrogen-bond acceptors (Lipinski definition) is 4. The Bertz CT molecular complexity index is 972. The van der Waals surface area contributed by atoms with Crippen LogP contribution < -0.4 is 10.6 Å². The molecule has 0 saturated heterocycles. The second-order valence-corrected chi connectivity index (χ2v) is 9.21. The van der Waals surface area contributed by atoms with Gasteiger partial charge in [0.2, 0.25) is 5.91 Å². The smallest absolute Gasteiger partial charge is 0.272 e. The molecule has 0 saturated carbocycles. The molecular weight excluding hydrogens is 390 g/mol. The second-order valence-electron chi connectivity index (χ2n) is 9.21. The Morgan fingerprint density at radius 2 is 1.84 bits per heavy atom. The Labute approximate surface area is 184 Å². The van der Waals surface area contributed by atoms with Gasteiger partial charge in [0.25, 0.3) is 5.91 Å². The number of carbonyl (C=O) groups excluding carboxylic acids is 2. The molecule has 0 fully saturated rings. The molecule has 0 unspecified atom stereocenters. The molecule has 7 nitrogen and oxygen atoms in total. The summed E-state index contributed by atoms with van der Waals surface area (Å²) in [4.78, 5) is 32.8. The summed E-state index contributed by atoms with van der Waals surface area (Å²) < 4.78 is 2.11. The predicted octanol–water partition coefficient (Wildman–Crippen LogP) is 2.67. The molecular formula is C24H33N5O2. The number of aromatic nitrogens is 2. The molecule has 7 heteroatoms. The number of amides is 2. The van der Waals surface area contributed by atoms with Crippen molar-refractivity contribution >= 4 is 17.4 Å². The monoisotopic (exact) mass is 423 g/mol. The lowest BCUT2D eigenvalue weighted by molar-refractivity contribution is -0.124. The van der Waals surface area contributed by atoms with Gasteiger partial charge in [-0.2, -0.15) is 0 Å². The molecule has 1 aromatic carbocycles. The summed E-state index contributed by atoms with van der Waals surface area (Å²) in [6.07, 6.45) is 0.957. The molecule has 0 bridgehead atoms. The molecule has 0 spiro atoms. The summed E-state index contributed by atoms with van der Waals surface area (Å²) in [5, 5.41) is 5.58. The zero-order valence-corrected chi connectivity index (χ0v) is 19.2. The van der Waals surface area contributed by atoms with Gasteiger partial charge in [0.15, 0.2) is 5.69 Å². The highest BCUT2D eigenvalue weighted by Crippen LogP contribution is 2.27. The Hall–Kier alpha value is -2.93. The highest BCUT2D eigenvalue weighted by atomic mass is 16.2. The van der Waals surface area contributed by atoms with E-state index in [1.807, 2.05) is 58.2 Å². The lowest BCUT2D eigenvalue weighted by Crippen LogP contribution is -2.53. The van der Waals surface area contributed by atoms with E-state index in [9.17, 15) is 9.59 Å². The molecule has 1 aromatic heterocycles. The molecule has 31 heavy (non-hydrogen) atoms. The molecule has 166 valence electrons. The van der Waals surface area contributed by atoms with Gasteiger partial charge in [0.1, 0.15) is 11.9 Å². The van der Waals surface area contributed by atoms with Crippen molar-refractivity contribution < 1.29 is 9.59 Å². The molecule has 0 aliphatic carbocycles. The maximum Gasteiger partial charge on any atom is 0.272 e. The van der Waals surface area contributed by atoms with E-state index in [4.69, 9.17) is 4.98 Å². The van der Waals surface area contributed by atoms with E-state index < -0.39 is 11.5 Å². The van der Waals surface area contributed by atoms with Crippen LogP contribution >= 0.6 is 0 Å². The van der Waals surface area contributed by atoms with Gasteiger partial charge in [0.05, 0.1) is 5.69 Å². The molecule has 3 rings (SSSR count). The minimum Gasteiger partial charge on any atom is -0.357 e. The number of nitrogens with one attached hydrogen (secondary N) is 2. The van der Waals surface area contributed by atoms with Gasteiger partial charge in [-0.25, -0.2) is 4.98 Å². The SMILES string of the molecule is C=C(c1ccccc1)c1nc(C(=O)N[C@H](C(=O)NC)C(C)(C)C)c2n1CCCN(C)C2. The normalized spacial score (nSPS) is 15.5. The van der Waals surface area contributed by atoms with E-state index in [-0.39, 0.29) is 11.8 Å². The molecule has 2 N–H and O–H groups in total. The minimum absolute atomic E-state index is 0.225. The van der Waals surface area contributed by atoms with Gasteiger partial charge in [0, 0.05) is 25.7 Å². The zero-order valence-electron chi connectivity index (χ0n) is 19.2. The lowest BCUT2D eigenvalue weighted by Gasteiger charge is -2.29. The van der Waals surface area contributed by atoms with Crippen molar-refractivity contribution in [3.63, 3.8) is 0 Å². The number of rotatable bonds is 5. The number of hydrogen-bond donors (Lipinski definition) is 2. The van der Waals surface area contributed by atoms with E-state index in [2.05, 4.69) is 26.7 Å². The van der Waals surface area contributed by atoms with Gasteiger partial charge in [-0.05, 0) is 31.0 Å². The second kappa shape index (κ2) is 9.06. The van der Waals surface area contributed by atoms with Crippen LogP contribution in [0.2, 0.25) is 0 Å². The Balaban J connectivity index is 2.03. The topological polar surface area (TPSA) is 79.3 Å². The maximum absolute atomic E-state index is 13.4. The summed E-state index contributed by atoms with van der Waals surface area (Å²) >= 11 is 0. The van der Waals surface area contributed by atoms with Crippen LogP contribution in [0.5, 0.6) is 0 Å². The minimum atomic E-state index is -0.674. The lowest BCUT2D eigenvalue weighted by atomic mass is 9.86. The largest absolute Gasteiger partial charge is 0.357 e. The fourth-order valence-electron chi connectivity index (χ4n) is 3.92. The summed E-state index contributed by atoms with van der Waals surface area (Å²) in [5.41, 5.74) is 2.52. The first-order valence-corrected chi connectivity index (χ1v) is 10.7. The highest BCUT2D eigenvalue weighted by Gasteiger charge is 2.34. The van der Waals surface area contributed by atoms with Gasteiger partial charge in [-0.15, -0.1) is 0 Å². The van der Waals surface area contributed by atoms with Crippen molar-refractivity contribution in [1.29, 1.82) is 0 Å².